The number of hydrogen-bond donors (Lipinski definition) is 4. The SMILES string of the molecule is C[C@H](Cc1ccc(OCCCCOc2ccc(C[C@@H](C)NC[C@H](O)c3cccc(Cl)c3)cc2)cc1)NC[C@H](O)c1cccc(Cl)c1. The van der Waals surface area contributed by atoms with Crippen molar-refractivity contribution >= 4 is 23.2 Å². The average molecular weight is 666 g/mol. The Kier molecular flexibility index (Phi) is 14.7. The third-order valence-electron chi connectivity index (χ3n) is 7.79. The van der Waals surface area contributed by atoms with Gasteiger partial charge in [0.2, 0.25) is 0 Å². The molecule has 0 fully saturated rings. The smallest absolute Gasteiger partial charge is 0.119 e. The molecule has 0 bridgehead atoms. The summed E-state index contributed by atoms with van der Waals surface area (Å²) in [5.74, 6) is 1.72. The van der Waals surface area contributed by atoms with Crippen LogP contribution in [0.25, 0.3) is 0 Å². The molecule has 0 radical (unpaired) electrons. The third kappa shape index (κ3) is 12.6. The van der Waals surface area contributed by atoms with Crippen molar-refractivity contribution in [3.63, 3.8) is 0 Å². The summed E-state index contributed by atoms with van der Waals surface area (Å²) in [5, 5.41) is 28.9. The molecule has 0 unspecified atom stereocenters. The van der Waals surface area contributed by atoms with E-state index in [9.17, 15) is 10.2 Å². The topological polar surface area (TPSA) is 83.0 Å². The van der Waals surface area contributed by atoms with Gasteiger partial charge in [-0.3, -0.25) is 0 Å². The second-order valence-electron chi connectivity index (χ2n) is 11.9. The fourth-order valence-electron chi connectivity index (χ4n) is 5.17. The highest BCUT2D eigenvalue weighted by Crippen LogP contribution is 2.20. The number of halogens is 2. The van der Waals surface area contributed by atoms with E-state index in [4.69, 9.17) is 32.7 Å². The van der Waals surface area contributed by atoms with Crippen LogP contribution in [0, 0.1) is 0 Å². The highest BCUT2D eigenvalue weighted by atomic mass is 35.5. The summed E-state index contributed by atoms with van der Waals surface area (Å²) in [6.45, 7) is 6.43. The Morgan fingerprint density at radius 3 is 1.35 bits per heavy atom. The molecule has 6 nitrogen and oxygen atoms in total. The lowest BCUT2D eigenvalue weighted by Crippen LogP contribution is -2.32. The number of rotatable bonds is 19. The van der Waals surface area contributed by atoms with Crippen LogP contribution in [0.4, 0.5) is 0 Å². The second kappa shape index (κ2) is 18.9. The first kappa shape index (κ1) is 35.7. The molecule has 0 heterocycles. The first-order chi connectivity index (χ1) is 22.2. The highest BCUT2D eigenvalue weighted by Gasteiger charge is 2.12. The van der Waals surface area contributed by atoms with Crippen LogP contribution in [0.2, 0.25) is 10.0 Å². The third-order valence-corrected chi connectivity index (χ3v) is 8.26. The van der Waals surface area contributed by atoms with Crippen molar-refractivity contribution in [1.82, 2.24) is 10.6 Å². The molecular formula is C38H46Cl2N2O4. The quantitative estimate of drug-likeness (QED) is 0.0768. The molecule has 0 aliphatic carbocycles. The fourth-order valence-corrected chi connectivity index (χ4v) is 5.57. The standard InChI is InChI=1S/C38H46Cl2N2O4/c1-27(41-25-37(43)31-7-5-9-33(39)23-31)21-29-11-15-35(16-12-29)45-19-3-4-20-46-36-17-13-30(14-18-36)22-28(2)42-26-38(44)32-8-6-10-34(40)24-32/h5-18,23-24,27-28,37-38,41-44H,3-4,19-22,25-26H2,1-2H3/t27-,28-,37+,38+/m1/s1. The van der Waals surface area contributed by atoms with Crippen LogP contribution in [0.3, 0.4) is 0 Å². The van der Waals surface area contributed by atoms with Gasteiger partial charge in [-0.15, -0.1) is 0 Å². The van der Waals surface area contributed by atoms with Gasteiger partial charge in [-0.25, -0.2) is 0 Å². The Morgan fingerprint density at radius 2 is 0.978 bits per heavy atom. The Morgan fingerprint density at radius 1 is 0.587 bits per heavy atom. The molecule has 0 aliphatic heterocycles. The van der Waals surface area contributed by atoms with E-state index in [1.54, 1.807) is 24.3 Å². The van der Waals surface area contributed by atoms with Crippen LogP contribution in [0.15, 0.2) is 97.1 Å². The maximum atomic E-state index is 10.4. The summed E-state index contributed by atoms with van der Waals surface area (Å²) in [6, 6.07) is 31.5. The van der Waals surface area contributed by atoms with Gasteiger partial charge in [0.1, 0.15) is 11.5 Å². The van der Waals surface area contributed by atoms with Crippen molar-refractivity contribution in [3.05, 3.63) is 129 Å². The zero-order valence-corrected chi connectivity index (χ0v) is 28.2. The molecule has 246 valence electrons. The van der Waals surface area contributed by atoms with Crippen molar-refractivity contribution in [2.45, 2.75) is 63.8 Å². The molecule has 0 saturated carbocycles. The first-order valence-corrected chi connectivity index (χ1v) is 16.8. The fraction of sp³-hybridized carbons (Fsp3) is 0.368. The predicted octanol–water partition coefficient (Wildman–Crippen LogP) is 7.74. The lowest BCUT2D eigenvalue weighted by molar-refractivity contribution is 0.170. The molecule has 0 amide bonds. The monoisotopic (exact) mass is 664 g/mol. The van der Waals surface area contributed by atoms with Crippen molar-refractivity contribution in [2.75, 3.05) is 26.3 Å². The summed E-state index contributed by atoms with van der Waals surface area (Å²) in [4.78, 5) is 0. The Labute approximate surface area is 283 Å². The van der Waals surface area contributed by atoms with Crippen LogP contribution in [0.5, 0.6) is 11.5 Å². The van der Waals surface area contributed by atoms with E-state index in [2.05, 4.69) is 48.7 Å². The zero-order chi connectivity index (χ0) is 32.7. The van der Waals surface area contributed by atoms with Crippen LogP contribution in [0.1, 0.15) is 61.2 Å². The van der Waals surface area contributed by atoms with Crippen LogP contribution in [-0.2, 0) is 12.8 Å². The Hall–Kier alpha value is -3.10. The van der Waals surface area contributed by atoms with Gasteiger partial charge in [-0.1, -0.05) is 71.7 Å². The number of hydrogen-bond acceptors (Lipinski definition) is 6. The van der Waals surface area contributed by atoms with Gasteiger partial charge in [0, 0.05) is 35.2 Å². The molecule has 0 spiro atoms. The largest absolute Gasteiger partial charge is 0.494 e. The lowest BCUT2D eigenvalue weighted by atomic mass is 10.1. The molecule has 4 rings (SSSR count). The number of nitrogens with one attached hydrogen (secondary N) is 2. The molecular weight excluding hydrogens is 619 g/mol. The highest BCUT2D eigenvalue weighted by molar-refractivity contribution is 6.30. The summed E-state index contributed by atoms with van der Waals surface area (Å²) in [7, 11) is 0. The number of benzene rings is 4. The number of aliphatic hydroxyl groups is 2. The summed E-state index contributed by atoms with van der Waals surface area (Å²) < 4.78 is 11.9. The van der Waals surface area contributed by atoms with Crippen LogP contribution in [-0.4, -0.2) is 48.6 Å². The predicted molar refractivity (Wildman–Crippen MR) is 188 cm³/mol. The maximum Gasteiger partial charge on any atom is 0.119 e. The number of aliphatic hydroxyl groups excluding tert-OH is 2. The Bertz CT molecular complexity index is 1340. The minimum atomic E-state index is -0.598. The second-order valence-corrected chi connectivity index (χ2v) is 12.7. The number of ether oxygens (including phenoxy) is 2. The van der Waals surface area contributed by atoms with Crippen LogP contribution >= 0.6 is 23.2 Å². The van der Waals surface area contributed by atoms with Crippen molar-refractivity contribution in [1.29, 1.82) is 0 Å². The van der Waals surface area contributed by atoms with Crippen molar-refractivity contribution < 1.29 is 19.7 Å². The first-order valence-electron chi connectivity index (χ1n) is 16.0. The normalized spacial score (nSPS) is 14.0. The van der Waals surface area contributed by atoms with Gasteiger partial charge in [-0.05, 0) is 110 Å². The number of unbranched alkanes of at least 4 members (excludes halogenated alkanes) is 1. The summed E-state index contributed by atoms with van der Waals surface area (Å²) in [6.07, 6.45) is 2.32. The summed E-state index contributed by atoms with van der Waals surface area (Å²) >= 11 is 12.1. The van der Waals surface area contributed by atoms with Crippen molar-refractivity contribution in [2.24, 2.45) is 0 Å². The molecule has 4 aromatic rings. The van der Waals surface area contributed by atoms with E-state index in [0.29, 0.717) is 36.3 Å². The van der Waals surface area contributed by atoms with E-state index in [0.717, 1.165) is 48.3 Å². The minimum absolute atomic E-state index is 0.211. The Balaban J connectivity index is 1.05. The van der Waals surface area contributed by atoms with Gasteiger partial charge in [0.25, 0.3) is 0 Å². The molecule has 0 aliphatic rings. The maximum absolute atomic E-state index is 10.4. The van der Waals surface area contributed by atoms with E-state index in [-0.39, 0.29) is 12.1 Å². The molecule has 4 N–H and O–H groups in total. The van der Waals surface area contributed by atoms with E-state index in [1.807, 2.05) is 48.5 Å². The van der Waals surface area contributed by atoms with E-state index in [1.165, 1.54) is 11.1 Å². The van der Waals surface area contributed by atoms with Gasteiger partial charge in [0.15, 0.2) is 0 Å². The van der Waals surface area contributed by atoms with Crippen LogP contribution < -0.4 is 20.1 Å². The average Bonchev–Trinajstić information content (AvgIpc) is 3.05. The van der Waals surface area contributed by atoms with E-state index < -0.39 is 12.2 Å². The zero-order valence-electron chi connectivity index (χ0n) is 26.7. The van der Waals surface area contributed by atoms with Gasteiger partial charge in [0.05, 0.1) is 25.4 Å². The van der Waals surface area contributed by atoms with E-state index >= 15 is 0 Å². The van der Waals surface area contributed by atoms with Crippen molar-refractivity contribution in [3.8, 4) is 11.5 Å². The van der Waals surface area contributed by atoms with Gasteiger partial charge in [-0.2, -0.15) is 0 Å². The molecule has 4 aromatic carbocycles. The van der Waals surface area contributed by atoms with Gasteiger partial charge < -0.3 is 30.3 Å². The minimum Gasteiger partial charge on any atom is -0.494 e. The molecule has 8 heteroatoms. The summed E-state index contributed by atoms with van der Waals surface area (Å²) in [5.41, 5.74) is 4.05. The lowest BCUT2D eigenvalue weighted by Gasteiger charge is -2.18. The molecule has 4 atom stereocenters. The molecule has 0 aromatic heterocycles. The molecule has 46 heavy (non-hydrogen) atoms. The molecule has 0 saturated heterocycles. The van der Waals surface area contributed by atoms with Gasteiger partial charge >= 0.3 is 0 Å².